The van der Waals surface area contributed by atoms with Crippen LogP contribution in [0.5, 0.6) is 0 Å². The van der Waals surface area contributed by atoms with Crippen molar-refractivity contribution in [1.82, 2.24) is 15.2 Å². The van der Waals surface area contributed by atoms with Crippen LogP contribution in [0, 0.1) is 6.92 Å². The van der Waals surface area contributed by atoms with E-state index in [0.29, 0.717) is 12.6 Å². The molecule has 4 rings (SSSR count). The minimum Gasteiger partial charge on any atom is -0.376 e. The average Bonchev–Trinajstić information content (AvgIpc) is 3.22. The van der Waals surface area contributed by atoms with Gasteiger partial charge < -0.3 is 19.9 Å². The van der Waals surface area contributed by atoms with Crippen LogP contribution in [0.15, 0.2) is 29.1 Å². The van der Waals surface area contributed by atoms with Crippen molar-refractivity contribution >= 4 is 28.2 Å². The Bertz CT molecular complexity index is 914. The quantitative estimate of drug-likeness (QED) is 0.725. The number of ether oxygens (including phenoxy) is 1. The maximum Gasteiger partial charge on any atom is 0.253 e. The van der Waals surface area contributed by atoms with Crippen LogP contribution in [-0.2, 0) is 11.3 Å². The Kier molecular flexibility index (Phi) is 6.50. The molecule has 1 aromatic carbocycles. The lowest BCUT2D eigenvalue weighted by atomic mass is 9.96. The lowest BCUT2D eigenvalue weighted by molar-refractivity contribution is 0.0894. The summed E-state index contributed by atoms with van der Waals surface area (Å²) in [6.45, 7) is 4.11. The van der Waals surface area contributed by atoms with E-state index in [-0.39, 0.29) is 11.7 Å². The second-order valence-corrected chi connectivity index (χ2v) is 8.90. The van der Waals surface area contributed by atoms with Gasteiger partial charge in [-0.15, -0.1) is 0 Å². The van der Waals surface area contributed by atoms with Crippen LogP contribution in [-0.4, -0.2) is 40.3 Å². The first-order chi connectivity index (χ1) is 14.1. The van der Waals surface area contributed by atoms with Gasteiger partial charge in [-0.2, -0.15) is 0 Å². The highest BCUT2D eigenvalue weighted by molar-refractivity contribution is 7.80. The zero-order valence-corrected chi connectivity index (χ0v) is 18.0. The summed E-state index contributed by atoms with van der Waals surface area (Å²) in [5.74, 6) is 0. The first-order valence-corrected chi connectivity index (χ1v) is 11.3. The molecule has 0 amide bonds. The molecule has 2 aliphatic rings. The number of pyridine rings is 1. The second kappa shape index (κ2) is 9.26. The molecule has 2 N–H and O–H groups in total. The fourth-order valence-electron chi connectivity index (χ4n) is 4.46. The number of nitrogens with zero attached hydrogens (tertiary/aromatic N) is 1. The first-order valence-electron chi connectivity index (χ1n) is 10.9. The summed E-state index contributed by atoms with van der Waals surface area (Å²) in [6.07, 6.45) is 8.50. The van der Waals surface area contributed by atoms with Crippen molar-refractivity contribution in [3.8, 4) is 0 Å². The number of aromatic amines is 1. The molecule has 1 saturated heterocycles. The molecule has 1 aliphatic carbocycles. The summed E-state index contributed by atoms with van der Waals surface area (Å²) in [4.78, 5) is 17.9. The number of aromatic nitrogens is 1. The van der Waals surface area contributed by atoms with E-state index in [4.69, 9.17) is 17.0 Å². The van der Waals surface area contributed by atoms with Gasteiger partial charge in [0, 0.05) is 30.3 Å². The molecule has 1 saturated carbocycles. The van der Waals surface area contributed by atoms with E-state index < -0.39 is 0 Å². The smallest absolute Gasteiger partial charge is 0.253 e. The van der Waals surface area contributed by atoms with E-state index in [0.717, 1.165) is 47.6 Å². The number of nitrogens with one attached hydrogen (secondary N) is 2. The molecular formula is C23H31N3O2S. The summed E-state index contributed by atoms with van der Waals surface area (Å²) in [5.41, 5.74) is 2.76. The second-order valence-electron chi connectivity index (χ2n) is 8.51. The van der Waals surface area contributed by atoms with Crippen molar-refractivity contribution in [2.45, 2.75) is 70.6 Å². The van der Waals surface area contributed by atoms with Crippen LogP contribution in [0.4, 0.5) is 0 Å². The van der Waals surface area contributed by atoms with Gasteiger partial charge in [-0.05, 0) is 68.4 Å². The minimum absolute atomic E-state index is 0.0424. The Hall–Kier alpha value is -1.92. The Balaban J connectivity index is 1.55. The highest BCUT2D eigenvalue weighted by Crippen LogP contribution is 2.20. The molecule has 156 valence electrons. The van der Waals surface area contributed by atoms with E-state index in [2.05, 4.69) is 28.2 Å². The minimum atomic E-state index is -0.0424. The van der Waals surface area contributed by atoms with E-state index in [1.54, 1.807) is 0 Å². The summed E-state index contributed by atoms with van der Waals surface area (Å²) in [5, 5.41) is 5.37. The van der Waals surface area contributed by atoms with Gasteiger partial charge >= 0.3 is 0 Å². The van der Waals surface area contributed by atoms with Crippen LogP contribution in [0.2, 0.25) is 0 Å². The molecule has 0 spiro atoms. The van der Waals surface area contributed by atoms with E-state index >= 15 is 0 Å². The van der Waals surface area contributed by atoms with Crippen LogP contribution in [0.3, 0.4) is 0 Å². The van der Waals surface area contributed by atoms with Gasteiger partial charge in [-0.3, -0.25) is 4.79 Å². The highest BCUT2D eigenvalue weighted by atomic mass is 32.1. The summed E-state index contributed by atoms with van der Waals surface area (Å²) >= 11 is 5.80. The summed E-state index contributed by atoms with van der Waals surface area (Å²) in [7, 11) is 0. The standard InChI is InChI=1S/C23H31N3O2S/c1-16-9-10-21-17(12-16)13-18(22(27)25-21)14-26(15-20-8-5-11-28-20)23(29)24-19-6-3-2-4-7-19/h9-10,12-13,19-20H,2-8,11,14-15H2,1H3,(H,24,29)(H,25,27)/t20-/m0/s1. The third kappa shape index (κ3) is 5.17. The monoisotopic (exact) mass is 413 g/mol. The lowest BCUT2D eigenvalue weighted by Gasteiger charge is -2.32. The van der Waals surface area contributed by atoms with E-state index in [1.807, 2.05) is 18.2 Å². The largest absolute Gasteiger partial charge is 0.376 e. The number of H-pyrrole nitrogens is 1. The van der Waals surface area contributed by atoms with E-state index in [9.17, 15) is 4.79 Å². The number of benzene rings is 1. The van der Waals surface area contributed by atoms with Crippen molar-refractivity contribution in [3.63, 3.8) is 0 Å². The van der Waals surface area contributed by atoms with Crippen molar-refractivity contribution < 1.29 is 4.74 Å². The number of hydrogen-bond donors (Lipinski definition) is 2. The zero-order chi connectivity index (χ0) is 20.2. The molecule has 1 aromatic heterocycles. The van der Waals surface area contributed by atoms with Crippen LogP contribution in [0.25, 0.3) is 10.9 Å². The molecular weight excluding hydrogens is 382 g/mol. The van der Waals surface area contributed by atoms with Crippen LogP contribution in [0.1, 0.15) is 56.1 Å². The van der Waals surface area contributed by atoms with Gasteiger partial charge in [-0.25, -0.2) is 0 Å². The molecule has 29 heavy (non-hydrogen) atoms. The van der Waals surface area contributed by atoms with Crippen LogP contribution < -0.4 is 10.9 Å². The molecule has 2 heterocycles. The van der Waals surface area contributed by atoms with Gasteiger partial charge in [0.25, 0.3) is 5.56 Å². The zero-order valence-electron chi connectivity index (χ0n) is 17.2. The van der Waals surface area contributed by atoms with Crippen molar-refractivity contribution in [2.24, 2.45) is 0 Å². The fraction of sp³-hybridized carbons (Fsp3) is 0.565. The lowest BCUT2D eigenvalue weighted by Crippen LogP contribution is -2.47. The van der Waals surface area contributed by atoms with Crippen molar-refractivity contribution in [1.29, 1.82) is 0 Å². The van der Waals surface area contributed by atoms with Gasteiger partial charge in [-0.1, -0.05) is 30.9 Å². The molecule has 0 radical (unpaired) electrons. The molecule has 1 atom stereocenters. The predicted octanol–water partition coefficient (Wildman–Crippen LogP) is 4.02. The maximum atomic E-state index is 12.7. The van der Waals surface area contributed by atoms with Gasteiger partial charge in [0.2, 0.25) is 0 Å². The Morgan fingerprint density at radius 1 is 1.21 bits per heavy atom. The van der Waals surface area contributed by atoms with Gasteiger partial charge in [0.05, 0.1) is 12.6 Å². The summed E-state index contributed by atoms with van der Waals surface area (Å²) in [6, 6.07) is 8.55. The number of aryl methyl sites for hydroxylation is 1. The predicted molar refractivity (Wildman–Crippen MR) is 121 cm³/mol. The molecule has 5 nitrogen and oxygen atoms in total. The Morgan fingerprint density at radius 2 is 2.03 bits per heavy atom. The van der Waals surface area contributed by atoms with Crippen molar-refractivity contribution in [3.05, 3.63) is 45.7 Å². The number of thiocarbonyl (C=S) groups is 1. The Morgan fingerprint density at radius 3 is 2.79 bits per heavy atom. The molecule has 0 bridgehead atoms. The fourth-order valence-corrected chi connectivity index (χ4v) is 4.77. The molecule has 1 aliphatic heterocycles. The highest BCUT2D eigenvalue weighted by Gasteiger charge is 2.24. The van der Waals surface area contributed by atoms with Gasteiger partial charge in [0.15, 0.2) is 5.11 Å². The molecule has 2 aromatic rings. The number of fused-ring (bicyclic) bond motifs is 1. The first kappa shape index (κ1) is 20.4. The SMILES string of the molecule is Cc1ccc2[nH]c(=O)c(CN(C[C@@H]3CCCO3)C(=S)NC3CCCCC3)cc2c1. The average molecular weight is 414 g/mol. The number of hydrogen-bond acceptors (Lipinski definition) is 3. The molecule has 0 unspecified atom stereocenters. The summed E-state index contributed by atoms with van der Waals surface area (Å²) < 4.78 is 5.86. The third-order valence-electron chi connectivity index (χ3n) is 6.11. The Labute approximate surface area is 177 Å². The topological polar surface area (TPSA) is 57.4 Å². The third-order valence-corrected chi connectivity index (χ3v) is 6.48. The number of rotatable bonds is 5. The molecule has 6 heteroatoms. The van der Waals surface area contributed by atoms with Gasteiger partial charge in [0.1, 0.15) is 0 Å². The van der Waals surface area contributed by atoms with Crippen LogP contribution >= 0.6 is 12.2 Å². The van der Waals surface area contributed by atoms with E-state index in [1.165, 1.54) is 37.7 Å². The van der Waals surface area contributed by atoms with Crippen molar-refractivity contribution in [2.75, 3.05) is 13.2 Å². The maximum absolute atomic E-state index is 12.7. The molecule has 2 fully saturated rings. The normalized spacial score (nSPS) is 20.1.